The molecule has 0 saturated carbocycles. The molecule has 0 amide bonds. The van der Waals surface area contributed by atoms with Gasteiger partial charge in [0.15, 0.2) is 6.10 Å². The summed E-state index contributed by atoms with van der Waals surface area (Å²) in [6.07, 6.45) is 55.3. The van der Waals surface area contributed by atoms with Crippen LogP contribution in [0.5, 0.6) is 0 Å². The first-order chi connectivity index (χ1) is 31.1. The molecule has 64 heavy (non-hydrogen) atoms. The maximum atomic E-state index is 12.8. The minimum Gasteiger partial charge on any atom is -0.477 e. The first-order valence-corrected chi connectivity index (χ1v) is 25.6. The van der Waals surface area contributed by atoms with Crippen molar-refractivity contribution in [3.63, 3.8) is 0 Å². The second kappa shape index (κ2) is 46.3. The highest BCUT2D eigenvalue weighted by atomic mass is 16.7. The van der Waals surface area contributed by atoms with E-state index in [0.29, 0.717) is 23.9 Å². The van der Waals surface area contributed by atoms with E-state index in [9.17, 15) is 19.5 Å². The van der Waals surface area contributed by atoms with E-state index >= 15 is 0 Å². The van der Waals surface area contributed by atoms with Crippen LogP contribution >= 0.6 is 0 Å². The van der Waals surface area contributed by atoms with Crippen LogP contribution in [0.1, 0.15) is 200 Å². The quantitative estimate of drug-likeness (QED) is 0.0212. The molecule has 1 N–H and O–H groups in total. The van der Waals surface area contributed by atoms with Gasteiger partial charge in [0.2, 0.25) is 0 Å². The summed E-state index contributed by atoms with van der Waals surface area (Å²) < 4.78 is 22.8. The SMILES string of the molecule is CC/C=C\C/C=C\C/C=C\C/C=C\C/C=C\C/C=C\CCCCCCC(=O)OC(COC(=O)CCCCCCCCCCCCCCCCCC)COC(OCC[N+](C)(C)C)C(=O)O. The van der Waals surface area contributed by atoms with Gasteiger partial charge >= 0.3 is 17.9 Å². The molecule has 0 aliphatic heterocycles. The summed E-state index contributed by atoms with van der Waals surface area (Å²) in [6, 6.07) is 0. The van der Waals surface area contributed by atoms with Crippen LogP contribution in [-0.4, -0.2) is 87.4 Å². The monoisotopic (exact) mass is 899 g/mol. The largest absolute Gasteiger partial charge is 0.477 e. The Labute approximate surface area is 392 Å². The lowest BCUT2D eigenvalue weighted by molar-refractivity contribution is -0.870. The minimum absolute atomic E-state index is 0.180. The second-order valence-corrected chi connectivity index (χ2v) is 18.1. The van der Waals surface area contributed by atoms with Crippen LogP contribution in [-0.2, 0) is 33.3 Å². The molecule has 0 aliphatic carbocycles. The zero-order valence-electron chi connectivity index (χ0n) is 41.7. The Kier molecular flexibility index (Phi) is 43.9. The van der Waals surface area contributed by atoms with E-state index in [2.05, 4.69) is 86.8 Å². The van der Waals surface area contributed by atoms with Gasteiger partial charge in [0.05, 0.1) is 34.4 Å². The first-order valence-electron chi connectivity index (χ1n) is 25.6. The van der Waals surface area contributed by atoms with E-state index in [0.717, 1.165) is 83.5 Å². The third-order valence-corrected chi connectivity index (χ3v) is 10.7. The number of hydrogen-bond acceptors (Lipinski definition) is 7. The van der Waals surface area contributed by atoms with Crippen molar-refractivity contribution >= 4 is 17.9 Å². The molecule has 0 radical (unpaired) electrons. The summed E-state index contributed by atoms with van der Waals surface area (Å²) in [6.45, 7) is 4.73. The molecule has 9 heteroatoms. The molecular weight excluding hydrogens is 803 g/mol. The van der Waals surface area contributed by atoms with E-state index in [1.807, 2.05) is 21.1 Å². The average molecular weight is 899 g/mol. The molecule has 0 rings (SSSR count). The lowest BCUT2D eigenvalue weighted by Gasteiger charge is -2.25. The number of carboxylic acid groups (broad SMARTS) is 1. The summed E-state index contributed by atoms with van der Waals surface area (Å²) in [5, 5.41) is 9.67. The molecule has 0 spiro atoms. The fourth-order valence-corrected chi connectivity index (χ4v) is 6.78. The second-order valence-electron chi connectivity index (χ2n) is 18.1. The molecule has 0 aromatic rings. The van der Waals surface area contributed by atoms with E-state index in [1.54, 1.807) is 0 Å². The number of esters is 2. The van der Waals surface area contributed by atoms with Gasteiger partial charge in [0.1, 0.15) is 13.2 Å². The third kappa shape index (κ3) is 46.7. The number of ether oxygens (including phenoxy) is 4. The molecule has 0 aromatic carbocycles. The highest BCUT2D eigenvalue weighted by Gasteiger charge is 2.25. The van der Waals surface area contributed by atoms with Crippen LogP contribution in [0.3, 0.4) is 0 Å². The van der Waals surface area contributed by atoms with Gasteiger partial charge in [-0.2, -0.15) is 0 Å². The van der Waals surface area contributed by atoms with E-state index in [-0.39, 0.29) is 32.2 Å². The van der Waals surface area contributed by atoms with Crippen molar-refractivity contribution in [3.8, 4) is 0 Å². The highest BCUT2D eigenvalue weighted by molar-refractivity contribution is 5.71. The lowest BCUT2D eigenvalue weighted by Crippen LogP contribution is -2.40. The van der Waals surface area contributed by atoms with Crippen molar-refractivity contribution in [2.45, 2.75) is 212 Å². The molecule has 0 aliphatic rings. The van der Waals surface area contributed by atoms with Crippen LogP contribution in [0.15, 0.2) is 72.9 Å². The summed E-state index contributed by atoms with van der Waals surface area (Å²) in [4.78, 5) is 37.3. The lowest BCUT2D eigenvalue weighted by atomic mass is 10.0. The molecular formula is C55H96NO8+. The summed E-state index contributed by atoms with van der Waals surface area (Å²) in [5.41, 5.74) is 0. The molecule has 368 valence electrons. The zero-order valence-corrected chi connectivity index (χ0v) is 41.7. The van der Waals surface area contributed by atoms with Gasteiger partial charge < -0.3 is 28.5 Å². The number of nitrogens with zero attached hydrogens (tertiary/aromatic N) is 1. The Morgan fingerprint density at radius 3 is 1.33 bits per heavy atom. The predicted octanol–water partition coefficient (Wildman–Crippen LogP) is 14.3. The van der Waals surface area contributed by atoms with Crippen LogP contribution < -0.4 is 0 Å². The van der Waals surface area contributed by atoms with Crippen LogP contribution in [0.2, 0.25) is 0 Å². The first kappa shape index (κ1) is 60.7. The molecule has 0 heterocycles. The maximum Gasteiger partial charge on any atom is 0.361 e. The maximum absolute atomic E-state index is 12.8. The molecule has 0 fully saturated rings. The number of quaternary nitrogens is 1. The fourth-order valence-electron chi connectivity index (χ4n) is 6.78. The number of carboxylic acids is 1. The Balaban J connectivity index is 4.41. The minimum atomic E-state index is -1.52. The van der Waals surface area contributed by atoms with Gasteiger partial charge in [0.25, 0.3) is 6.29 Å². The number of hydrogen-bond donors (Lipinski definition) is 1. The summed E-state index contributed by atoms with van der Waals surface area (Å²) in [7, 11) is 5.95. The van der Waals surface area contributed by atoms with Crippen molar-refractivity contribution < 1.29 is 42.9 Å². The normalized spacial score (nSPS) is 13.5. The zero-order chi connectivity index (χ0) is 47.0. The molecule has 9 nitrogen and oxygen atoms in total. The number of allylic oxidation sites excluding steroid dienone is 12. The van der Waals surface area contributed by atoms with Crippen LogP contribution in [0.4, 0.5) is 0 Å². The number of likely N-dealkylation sites (N-methyl/N-ethyl adjacent to an activating group) is 1. The highest BCUT2D eigenvalue weighted by Crippen LogP contribution is 2.15. The molecule has 0 saturated heterocycles. The van der Waals surface area contributed by atoms with Gasteiger partial charge in [-0.1, -0.05) is 196 Å². The predicted molar refractivity (Wildman–Crippen MR) is 267 cm³/mol. The van der Waals surface area contributed by atoms with Crippen molar-refractivity contribution in [2.24, 2.45) is 0 Å². The Hall–Kier alpha value is -3.27. The summed E-state index contributed by atoms with van der Waals surface area (Å²) in [5.74, 6) is -2.04. The third-order valence-electron chi connectivity index (χ3n) is 10.7. The van der Waals surface area contributed by atoms with Crippen molar-refractivity contribution in [2.75, 3.05) is 47.5 Å². The van der Waals surface area contributed by atoms with Gasteiger partial charge in [-0.05, 0) is 64.2 Å². The van der Waals surface area contributed by atoms with Gasteiger partial charge in [-0.3, -0.25) is 9.59 Å². The molecule has 0 bridgehead atoms. The molecule has 2 unspecified atom stereocenters. The molecule has 2 atom stereocenters. The Morgan fingerprint density at radius 2 is 0.891 bits per heavy atom. The Morgan fingerprint density at radius 1 is 0.484 bits per heavy atom. The summed E-state index contributed by atoms with van der Waals surface area (Å²) >= 11 is 0. The van der Waals surface area contributed by atoms with Crippen molar-refractivity contribution in [3.05, 3.63) is 72.9 Å². The van der Waals surface area contributed by atoms with Crippen molar-refractivity contribution in [1.29, 1.82) is 0 Å². The standard InChI is InChI=1S/C55H95NO8/c1-6-8-10-12-14-16-18-20-22-24-25-26-27-28-29-30-32-34-36-38-40-42-44-46-53(58)64-51(50-63-55(54(59)60)61-48-47-56(3,4)5)49-62-52(57)45-43-41-39-37-35-33-31-23-21-19-17-15-13-11-9-7-2/h8,10,14,16,20,22,25-26,28-29,32,34,51,55H,6-7,9,11-13,15,17-19,21,23-24,27,30-31,33,35-50H2,1-5H3/p+1/b10-8-,16-14-,22-20-,26-25-,29-28-,34-32-. The van der Waals surface area contributed by atoms with Gasteiger partial charge in [0, 0.05) is 12.8 Å². The van der Waals surface area contributed by atoms with E-state index in [1.165, 1.54) is 83.5 Å². The number of unbranched alkanes of at least 4 members (excludes halogenated alkanes) is 19. The average Bonchev–Trinajstić information content (AvgIpc) is 3.26. The molecule has 0 aromatic heterocycles. The van der Waals surface area contributed by atoms with Gasteiger partial charge in [-0.25, -0.2) is 4.79 Å². The number of aliphatic carboxylic acids is 1. The van der Waals surface area contributed by atoms with E-state index in [4.69, 9.17) is 18.9 Å². The van der Waals surface area contributed by atoms with Crippen molar-refractivity contribution in [1.82, 2.24) is 0 Å². The fraction of sp³-hybridized carbons (Fsp3) is 0.727. The topological polar surface area (TPSA) is 108 Å². The Bertz CT molecular complexity index is 1280. The number of rotatable bonds is 46. The van der Waals surface area contributed by atoms with Crippen LogP contribution in [0, 0.1) is 0 Å². The van der Waals surface area contributed by atoms with Crippen LogP contribution in [0.25, 0.3) is 0 Å². The number of carbonyl (C=O) groups excluding carboxylic acids is 2. The van der Waals surface area contributed by atoms with E-state index < -0.39 is 24.3 Å². The smallest absolute Gasteiger partial charge is 0.361 e. The van der Waals surface area contributed by atoms with Gasteiger partial charge in [-0.15, -0.1) is 0 Å². The number of carbonyl (C=O) groups is 3.